The fraction of sp³-hybridized carbons (Fsp3) is 0.0769. The number of hydrazine groups is 1. The first-order chi connectivity index (χ1) is 9.60. The maximum atomic E-state index is 10.8. The van der Waals surface area contributed by atoms with Gasteiger partial charge in [-0.25, -0.2) is 0 Å². The predicted octanol–water partition coefficient (Wildman–Crippen LogP) is 3.22. The van der Waals surface area contributed by atoms with Crippen LogP contribution in [-0.2, 0) is 6.61 Å². The van der Waals surface area contributed by atoms with E-state index in [0.29, 0.717) is 17.0 Å². The monoisotopic (exact) mass is 337 g/mol. The molecule has 2 rings (SSSR count). The number of rotatable bonds is 5. The lowest BCUT2D eigenvalue weighted by molar-refractivity contribution is -0.384. The van der Waals surface area contributed by atoms with E-state index >= 15 is 0 Å². The lowest BCUT2D eigenvalue weighted by Crippen LogP contribution is -2.10. The number of nitrogens with zero attached hydrogens (tertiary/aromatic N) is 1. The number of ether oxygens (including phenoxy) is 1. The molecular formula is C13H12BrN3O3. The Morgan fingerprint density at radius 3 is 2.75 bits per heavy atom. The molecule has 0 heterocycles. The highest BCUT2D eigenvalue weighted by atomic mass is 79.9. The number of benzene rings is 2. The van der Waals surface area contributed by atoms with Crippen LogP contribution >= 0.6 is 15.9 Å². The molecule has 0 amide bonds. The molecule has 0 radical (unpaired) electrons. The molecule has 0 bridgehead atoms. The van der Waals surface area contributed by atoms with Crippen molar-refractivity contribution in [3.63, 3.8) is 0 Å². The largest absolute Gasteiger partial charge is 0.489 e. The molecule has 0 aliphatic carbocycles. The van der Waals surface area contributed by atoms with E-state index in [9.17, 15) is 10.1 Å². The zero-order chi connectivity index (χ0) is 14.5. The Kier molecular flexibility index (Phi) is 4.54. The Hall–Kier alpha value is -2.12. The average molecular weight is 338 g/mol. The number of hydrogen-bond donors (Lipinski definition) is 2. The van der Waals surface area contributed by atoms with Crippen molar-refractivity contribution in [2.75, 3.05) is 5.43 Å². The van der Waals surface area contributed by atoms with Gasteiger partial charge in [-0.1, -0.05) is 22.0 Å². The smallest absolute Gasteiger partial charge is 0.269 e. The Bertz CT molecular complexity index is 634. The fourth-order valence-corrected chi connectivity index (χ4v) is 2.05. The van der Waals surface area contributed by atoms with Crippen LogP contribution in [0.25, 0.3) is 0 Å². The van der Waals surface area contributed by atoms with Gasteiger partial charge < -0.3 is 10.2 Å². The Balaban J connectivity index is 2.19. The molecular weight excluding hydrogens is 326 g/mol. The number of non-ortho nitro benzene ring substituents is 1. The number of halogens is 1. The summed E-state index contributed by atoms with van der Waals surface area (Å²) in [6.07, 6.45) is 0. The third-order valence-corrected chi connectivity index (χ3v) is 3.14. The van der Waals surface area contributed by atoms with Crippen LogP contribution in [0.3, 0.4) is 0 Å². The molecule has 0 aliphatic rings. The highest BCUT2D eigenvalue weighted by Gasteiger charge is 2.11. The molecule has 0 aromatic heterocycles. The van der Waals surface area contributed by atoms with Crippen LogP contribution in [-0.4, -0.2) is 4.92 Å². The summed E-state index contributed by atoms with van der Waals surface area (Å²) in [6.45, 7) is 0.178. The lowest BCUT2D eigenvalue weighted by Gasteiger charge is -2.10. The average Bonchev–Trinajstić information content (AvgIpc) is 2.44. The van der Waals surface area contributed by atoms with E-state index in [-0.39, 0.29) is 12.3 Å². The second-order valence-corrected chi connectivity index (χ2v) is 4.90. The van der Waals surface area contributed by atoms with Crippen molar-refractivity contribution in [3.05, 3.63) is 62.6 Å². The van der Waals surface area contributed by atoms with E-state index in [0.717, 1.165) is 4.47 Å². The van der Waals surface area contributed by atoms with Crippen molar-refractivity contribution >= 4 is 27.3 Å². The van der Waals surface area contributed by atoms with Gasteiger partial charge in [0.05, 0.1) is 10.6 Å². The van der Waals surface area contributed by atoms with Crippen molar-refractivity contribution in [2.24, 2.45) is 5.84 Å². The van der Waals surface area contributed by atoms with Gasteiger partial charge in [-0.05, 0) is 24.3 Å². The molecule has 0 fully saturated rings. The van der Waals surface area contributed by atoms with Crippen LogP contribution in [0.5, 0.6) is 5.75 Å². The first-order valence-corrected chi connectivity index (χ1v) is 6.52. The predicted molar refractivity (Wildman–Crippen MR) is 79.4 cm³/mol. The lowest BCUT2D eigenvalue weighted by atomic mass is 10.1. The summed E-state index contributed by atoms with van der Waals surface area (Å²) in [5, 5.41) is 10.8. The number of nitro groups is 1. The van der Waals surface area contributed by atoms with E-state index in [2.05, 4.69) is 21.4 Å². The van der Waals surface area contributed by atoms with Crippen LogP contribution < -0.4 is 16.0 Å². The second kappa shape index (κ2) is 6.36. The molecule has 3 N–H and O–H groups in total. The van der Waals surface area contributed by atoms with E-state index < -0.39 is 4.92 Å². The van der Waals surface area contributed by atoms with E-state index in [1.807, 2.05) is 18.2 Å². The topological polar surface area (TPSA) is 90.4 Å². The molecule has 0 atom stereocenters. The van der Waals surface area contributed by atoms with Crippen molar-refractivity contribution in [1.29, 1.82) is 0 Å². The molecule has 6 nitrogen and oxygen atoms in total. The van der Waals surface area contributed by atoms with Gasteiger partial charge in [0.25, 0.3) is 5.69 Å². The number of nitrogens with one attached hydrogen (secondary N) is 1. The van der Waals surface area contributed by atoms with Gasteiger partial charge in [0.2, 0.25) is 0 Å². The highest BCUT2D eigenvalue weighted by molar-refractivity contribution is 9.10. The number of hydrogen-bond acceptors (Lipinski definition) is 5. The van der Waals surface area contributed by atoms with Crippen LogP contribution in [0.4, 0.5) is 11.4 Å². The summed E-state index contributed by atoms with van der Waals surface area (Å²) in [4.78, 5) is 10.3. The van der Waals surface area contributed by atoms with Crippen molar-refractivity contribution in [1.82, 2.24) is 0 Å². The van der Waals surface area contributed by atoms with Crippen LogP contribution in [0.2, 0.25) is 0 Å². The summed E-state index contributed by atoms with van der Waals surface area (Å²) in [5.41, 5.74) is 3.70. The third kappa shape index (κ3) is 3.46. The molecule has 0 saturated carbocycles. The Morgan fingerprint density at radius 1 is 1.30 bits per heavy atom. The summed E-state index contributed by atoms with van der Waals surface area (Å²) >= 11 is 3.35. The molecule has 0 unspecified atom stereocenters. The standard InChI is InChI=1S/C13H12BrN3O3/c14-10-2-1-3-12(7-10)20-8-9-6-11(17(18)19)4-5-13(9)16-15/h1-7,16H,8,15H2. The molecule has 0 spiro atoms. The minimum Gasteiger partial charge on any atom is -0.489 e. The Morgan fingerprint density at radius 2 is 2.10 bits per heavy atom. The minimum absolute atomic E-state index is 0.00292. The zero-order valence-electron chi connectivity index (χ0n) is 10.4. The second-order valence-electron chi connectivity index (χ2n) is 3.99. The summed E-state index contributed by atoms with van der Waals surface area (Å²) in [6, 6.07) is 11.7. The molecule has 0 saturated heterocycles. The molecule has 0 aliphatic heterocycles. The van der Waals surface area contributed by atoms with Crippen LogP contribution in [0.15, 0.2) is 46.9 Å². The molecule has 2 aromatic carbocycles. The van der Waals surface area contributed by atoms with Gasteiger partial charge in [0.1, 0.15) is 12.4 Å². The van der Waals surface area contributed by atoms with E-state index in [1.54, 1.807) is 12.1 Å². The summed E-state index contributed by atoms with van der Waals surface area (Å²) in [5.74, 6) is 6.05. The number of nitrogens with two attached hydrogens (primary N) is 1. The van der Waals surface area contributed by atoms with Gasteiger partial charge >= 0.3 is 0 Å². The van der Waals surface area contributed by atoms with E-state index in [4.69, 9.17) is 10.6 Å². The van der Waals surface area contributed by atoms with Crippen molar-refractivity contribution < 1.29 is 9.66 Å². The first-order valence-electron chi connectivity index (χ1n) is 5.72. The van der Waals surface area contributed by atoms with Gasteiger partial charge in [-0.2, -0.15) is 0 Å². The maximum absolute atomic E-state index is 10.8. The normalized spacial score (nSPS) is 10.1. The first kappa shape index (κ1) is 14.3. The van der Waals surface area contributed by atoms with Gasteiger partial charge in [0.15, 0.2) is 0 Å². The summed E-state index contributed by atoms with van der Waals surface area (Å²) in [7, 11) is 0. The highest BCUT2D eigenvalue weighted by Crippen LogP contribution is 2.24. The summed E-state index contributed by atoms with van der Waals surface area (Å²) < 4.78 is 6.50. The van der Waals surface area contributed by atoms with Crippen molar-refractivity contribution in [3.8, 4) is 5.75 Å². The number of nitrogen functional groups attached to an aromatic ring is 1. The van der Waals surface area contributed by atoms with Gasteiger partial charge in [-0.3, -0.25) is 16.0 Å². The maximum Gasteiger partial charge on any atom is 0.269 e. The quantitative estimate of drug-likeness (QED) is 0.496. The third-order valence-electron chi connectivity index (χ3n) is 2.65. The Labute approximate surface area is 123 Å². The van der Waals surface area contributed by atoms with Crippen LogP contribution in [0, 0.1) is 10.1 Å². The van der Waals surface area contributed by atoms with Crippen molar-refractivity contribution in [2.45, 2.75) is 6.61 Å². The molecule has 7 heteroatoms. The van der Waals surface area contributed by atoms with E-state index in [1.165, 1.54) is 12.1 Å². The SMILES string of the molecule is NNc1ccc([N+](=O)[O-])cc1COc1cccc(Br)c1. The molecule has 104 valence electrons. The molecule has 2 aromatic rings. The fourth-order valence-electron chi connectivity index (χ4n) is 1.67. The minimum atomic E-state index is -0.455. The molecule has 20 heavy (non-hydrogen) atoms. The van der Waals surface area contributed by atoms with Gasteiger partial charge in [0, 0.05) is 22.2 Å². The number of nitro benzene ring substituents is 1. The van der Waals surface area contributed by atoms with Crippen LogP contribution in [0.1, 0.15) is 5.56 Å². The zero-order valence-corrected chi connectivity index (χ0v) is 12.0. The number of anilines is 1. The van der Waals surface area contributed by atoms with Gasteiger partial charge in [-0.15, -0.1) is 0 Å².